The first-order valence-corrected chi connectivity index (χ1v) is 5.14. The zero-order valence-electron chi connectivity index (χ0n) is 9.78. The quantitative estimate of drug-likeness (QED) is 0.812. The smallest absolute Gasteiger partial charge is 0.251 e. The zero-order valence-corrected chi connectivity index (χ0v) is 9.78. The van der Waals surface area contributed by atoms with Gasteiger partial charge in [-0.3, -0.25) is 4.79 Å². The standard InChI is InChI=1S/C12H17NO3/c1-8-4-5-10(6-11(8)14)12(15)13-9(2)7-16-3/h4-6,9,14H,7H2,1-3H3,(H,13,15). The molecule has 4 heteroatoms. The normalized spacial score (nSPS) is 12.2. The fourth-order valence-corrected chi connectivity index (χ4v) is 1.35. The van der Waals surface area contributed by atoms with E-state index in [4.69, 9.17) is 4.74 Å². The molecule has 0 aliphatic rings. The van der Waals surface area contributed by atoms with Gasteiger partial charge in [-0.15, -0.1) is 0 Å². The summed E-state index contributed by atoms with van der Waals surface area (Å²) in [6, 6.07) is 4.81. The first kappa shape index (κ1) is 12.5. The fourth-order valence-electron chi connectivity index (χ4n) is 1.35. The number of carbonyl (C=O) groups excluding carboxylic acids is 1. The molecule has 0 bridgehead atoms. The topological polar surface area (TPSA) is 58.6 Å². The molecule has 0 aliphatic heterocycles. The van der Waals surface area contributed by atoms with Gasteiger partial charge in [-0.25, -0.2) is 0 Å². The third-order valence-corrected chi connectivity index (χ3v) is 2.27. The van der Waals surface area contributed by atoms with Crippen molar-refractivity contribution in [3.8, 4) is 5.75 Å². The van der Waals surface area contributed by atoms with Gasteiger partial charge in [0, 0.05) is 18.7 Å². The maximum Gasteiger partial charge on any atom is 0.251 e. The molecule has 1 aromatic carbocycles. The number of nitrogens with one attached hydrogen (secondary N) is 1. The van der Waals surface area contributed by atoms with Gasteiger partial charge in [0.1, 0.15) is 5.75 Å². The van der Waals surface area contributed by atoms with Crippen LogP contribution < -0.4 is 5.32 Å². The summed E-state index contributed by atoms with van der Waals surface area (Å²) in [5.41, 5.74) is 1.20. The maximum atomic E-state index is 11.7. The van der Waals surface area contributed by atoms with Crippen molar-refractivity contribution in [1.82, 2.24) is 5.32 Å². The second-order valence-electron chi connectivity index (χ2n) is 3.83. The minimum absolute atomic E-state index is 0.0547. The van der Waals surface area contributed by atoms with E-state index in [-0.39, 0.29) is 17.7 Å². The molecule has 0 aromatic heterocycles. The summed E-state index contributed by atoms with van der Waals surface area (Å²) in [7, 11) is 1.58. The summed E-state index contributed by atoms with van der Waals surface area (Å²) in [6.07, 6.45) is 0. The van der Waals surface area contributed by atoms with Crippen LogP contribution in [0.15, 0.2) is 18.2 Å². The van der Waals surface area contributed by atoms with Crippen molar-refractivity contribution >= 4 is 5.91 Å². The number of benzene rings is 1. The highest BCUT2D eigenvalue weighted by Crippen LogP contribution is 2.17. The van der Waals surface area contributed by atoms with E-state index in [1.54, 1.807) is 26.2 Å². The predicted octanol–water partition coefficient (Wildman–Crippen LogP) is 1.47. The highest BCUT2D eigenvalue weighted by molar-refractivity contribution is 5.94. The van der Waals surface area contributed by atoms with Crippen LogP contribution >= 0.6 is 0 Å². The number of amides is 1. The summed E-state index contributed by atoms with van der Waals surface area (Å²) < 4.78 is 4.92. The van der Waals surface area contributed by atoms with Gasteiger partial charge in [0.05, 0.1) is 6.61 Å². The highest BCUT2D eigenvalue weighted by Gasteiger charge is 2.10. The van der Waals surface area contributed by atoms with E-state index in [1.165, 1.54) is 6.07 Å². The molecule has 1 amide bonds. The van der Waals surface area contributed by atoms with Crippen LogP contribution in [0, 0.1) is 6.92 Å². The first-order valence-electron chi connectivity index (χ1n) is 5.14. The lowest BCUT2D eigenvalue weighted by molar-refractivity contribution is 0.0905. The first-order chi connectivity index (χ1) is 7.54. The summed E-state index contributed by atoms with van der Waals surface area (Å²) in [5.74, 6) is -0.0769. The number of aryl methyl sites for hydroxylation is 1. The van der Waals surface area contributed by atoms with Crippen molar-refractivity contribution in [3.63, 3.8) is 0 Å². The van der Waals surface area contributed by atoms with E-state index < -0.39 is 0 Å². The molecule has 2 N–H and O–H groups in total. The van der Waals surface area contributed by atoms with Crippen LogP contribution in [0.25, 0.3) is 0 Å². The zero-order chi connectivity index (χ0) is 12.1. The molecule has 4 nitrogen and oxygen atoms in total. The Labute approximate surface area is 95.2 Å². The SMILES string of the molecule is COCC(C)NC(=O)c1ccc(C)c(O)c1. The van der Waals surface area contributed by atoms with Crippen molar-refractivity contribution < 1.29 is 14.6 Å². The highest BCUT2D eigenvalue weighted by atomic mass is 16.5. The van der Waals surface area contributed by atoms with E-state index in [0.717, 1.165) is 5.56 Å². The Balaban J connectivity index is 2.69. The summed E-state index contributed by atoms with van der Waals surface area (Å²) in [6.45, 7) is 4.10. The van der Waals surface area contributed by atoms with Crippen LogP contribution in [0.2, 0.25) is 0 Å². The molecule has 0 spiro atoms. The number of aromatic hydroxyl groups is 1. The van der Waals surface area contributed by atoms with Crippen molar-refractivity contribution in [3.05, 3.63) is 29.3 Å². The number of ether oxygens (including phenoxy) is 1. The Kier molecular flexibility index (Phi) is 4.31. The van der Waals surface area contributed by atoms with E-state index >= 15 is 0 Å². The number of rotatable bonds is 4. The molecule has 0 aliphatic carbocycles. The van der Waals surface area contributed by atoms with Crippen LogP contribution in [0.5, 0.6) is 5.75 Å². The van der Waals surface area contributed by atoms with Crippen LogP contribution in [0.1, 0.15) is 22.8 Å². The maximum absolute atomic E-state index is 11.7. The summed E-state index contributed by atoms with van der Waals surface area (Å²) in [4.78, 5) is 11.7. The molecule has 0 saturated carbocycles. The van der Waals surface area contributed by atoms with Gasteiger partial charge >= 0.3 is 0 Å². The molecule has 1 atom stereocenters. The average Bonchev–Trinajstić information content (AvgIpc) is 2.22. The van der Waals surface area contributed by atoms with Crippen LogP contribution in [-0.4, -0.2) is 30.8 Å². The second-order valence-corrected chi connectivity index (χ2v) is 3.83. The molecule has 88 valence electrons. The number of phenols is 1. The molecule has 0 heterocycles. The van der Waals surface area contributed by atoms with Gasteiger partial charge < -0.3 is 15.2 Å². The van der Waals surface area contributed by atoms with Crippen LogP contribution in [-0.2, 0) is 4.74 Å². The minimum Gasteiger partial charge on any atom is -0.508 e. The fraction of sp³-hybridized carbons (Fsp3) is 0.417. The Morgan fingerprint density at radius 3 is 2.81 bits per heavy atom. The third kappa shape index (κ3) is 3.24. The van der Waals surface area contributed by atoms with Crippen molar-refractivity contribution in [1.29, 1.82) is 0 Å². The molecule has 1 aromatic rings. The van der Waals surface area contributed by atoms with Gasteiger partial charge in [-0.05, 0) is 31.5 Å². The predicted molar refractivity (Wildman–Crippen MR) is 61.6 cm³/mol. The molecular weight excluding hydrogens is 206 g/mol. The van der Waals surface area contributed by atoms with Crippen molar-refractivity contribution in [2.45, 2.75) is 19.9 Å². The molecular formula is C12H17NO3. The lowest BCUT2D eigenvalue weighted by Gasteiger charge is -2.13. The van der Waals surface area contributed by atoms with Gasteiger partial charge in [0.15, 0.2) is 0 Å². The van der Waals surface area contributed by atoms with E-state index in [9.17, 15) is 9.90 Å². The van der Waals surface area contributed by atoms with Gasteiger partial charge in [0.25, 0.3) is 5.91 Å². The number of carbonyl (C=O) groups is 1. The summed E-state index contributed by atoms with van der Waals surface area (Å²) >= 11 is 0. The number of hydrogen-bond acceptors (Lipinski definition) is 3. The number of hydrogen-bond donors (Lipinski definition) is 2. The second kappa shape index (κ2) is 5.51. The van der Waals surface area contributed by atoms with Gasteiger partial charge in [0.2, 0.25) is 0 Å². The summed E-state index contributed by atoms with van der Waals surface area (Å²) in [5, 5.41) is 12.3. The lowest BCUT2D eigenvalue weighted by atomic mass is 10.1. The Bertz CT molecular complexity index is 377. The van der Waals surface area contributed by atoms with E-state index in [1.807, 2.05) is 6.92 Å². The minimum atomic E-state index is -0.208. The van der Waals surface area contributed by atoms with Crippen molar-refractivity contribution in [2.75, 3.05) is 13.7 Å². The molecule has 1 rings (SSSR count). The Hall–Kier alpha value is -1.55. The van der Waals surface area contributed by atoms with Crippen LogP contribution in [0.3, 0.4) is 0 Å². The number of phenolic OH excluding ortho intramolecular Hbond substituents is 1. The van der Waals surface area contributed by atoms with Crippen molar-refractivity contribution in [2.24, 2.45) is 0 Å². The number of methoxy groups -OCH3 is 1. The van der Waals surface area contributed by atoms with Gasteiger partial charge in [-0.2, -0.15) is 0 Å². The Morgan fingerprint density at radius 1 is 1.56 bits per heavy atom. The average molecular weight is 223 g/mol. The largest absolute Gasteiger partial charge is 0.508 e. The van der Waals surface area contributed by atoms with Crippen LogP contribution in [0.4, 0.5) is 0 Å². The monoisotopic (exact) mass is 223 g/mol. The molecule has 0 radical (unpaired) electrons. The van der Waals surface area contributed by atoms with E-state index in [0.29, 0.717) is 12.2 Å². The molecule has 16 heavy (non-hydrogen) atoms. The molecule has 0 fully saturated rings. The molecule has 1 unspecified atom stereocenters. The van der Waals surface area contributed by atoms with E-state index in [2.05, 4.69) is 5.32 Å². The van der Waals surface area contributed by atoms with Gasteiger partial charge in [-0.1, -0.05) is 6.07 Å². The Morgan fingerprint density at radius 2 is 2.25 bits per heavy atom. The third-order valence-electron chi connectivity index (χ3n) is 2.27. The molecule has 0 saturated heterocycles. The lowest BCUT2D eigenvalue weighted by Crippen LogP contribution is -2.35.